The van der Waals surface area contributed by atoms with E-state index in [1.807, 2.05) is 42.5 Å². The van der Waals surface area contributed by atoms with Gasteiger partial charge in [0.1, 0.15) is 17.3 Å². The molecule has 3 rings (SSSR count). The van der Waals surface area contributed by atoms with Gasteiger partial charge in [-0.15, -0.1) is 0 Å². The van der Waals surface area contributed by atoms with Crippen molar-refractivity contribution in [2.75, 3.05) is 26.1 Å². The Balaban J connectivity index is 1.70. The number of hydrogen-bond donors (Lipinski definition) is 2. The van der Waals surface area contributed by atoms with E-state index in [0.29, 0.717) is 17.2 Å². The van der Waals surface area contributed by atoms with Crippen LogP contribution in [0.5, 0.6) is 11.5 Å². The predicted octanol–water partition coefficient (Wildman–Crippen LogP) is 3.61. The highest BCUT2D eigenvalue weighted by molar-refractivity contribution is 5.94. The van der Waals surface area contributed by atoms with Crippen LogP contribution in [0, 0.1) is 0 Å². The van der Waals surface area contributed by atoms with Crippen molar-refractivity contribution in [1.82, 2.24) is 5.32 Å². The number of anilines is 1. The van der Waals surface area contributed by atoms with Gasteiger partial charge in [0, 0.05) is 6.07 Å². The van der Waals surface area contributed by atoms with Gasteiger partial charge in [-0.1, -0.05) is 30.3 Å². The molecule has 1 atom stereocenters. The van der Waals surface area contributed by atoms with Crippen LogP contribution in [0.1, 0.15) is 17.4 Å². The van der Waals surface area contributed by atoms with Gasteiger partial charge in [0.15, 0.2) is 0 Å². The quantitative estimate of drug-likeness (QED) is 0.637. The molecule has 6 nitrogen and oxygen atoms in total. The van der Waals surface area contributed by atoms with E-state index in [9.17, 15) is 4.79 Å². The van der Waals surface area contributed by atoms with E-state index in [2.05, 4.69) is 10.6 Å². The molecule has 2 N–H and O–H groups in total. The molecule has 0 spiro atoms. The molecule has 27 heavy (non-hydrogen) atoms. The maximum atomic E-state index is 12.5. The zero-order valence-electron chi connectivity index (χ0n) is 15.3. The first kappa shape index (κ1) is 18.5. The van der Waals surface area contributed by atoms with Crippen molar-refractivity contribution in [2.45, 2.75) is 6.04 Å². The van der Waals surface area contributed by atoms with Crippen molar-refractivity contribution in [3.05, 3.63) is 78.3 Å². The second-order valence-electron chi connectivity index (χ2n) is 5.85. The van der Waals surface area contributed by atoms with Gasteiger partial charge in [0.05, 0.1) is 38.8 Å². The van der Waals surface area contributed by atoms with Gasteiger partial charge in [-0.25, -0.2) is 0 Å². The second kappa shape index (κ2) is 8.91. The first-order chi connectivity index (χ1) is 13.2. The number of amides is 1. The number of hydrogen-bond acceptors (Lipinski definition) is 5. The molecule has 0 aliphatic heterocycles. The minimum Gasteiger partial charge on any atom is -0.497 e. The molecule has 0 radical (unpaired) electrons. The molecular weight excluding hydrogens is 344 g/mol. The molecule has 1 heterocycles. The molecule has 6 heteroatoms. The number of rotatable bonds is 8. The summed E-state index contributed by atoms with van der Waals surface area (Å²) in [6.07, 6.45) is 1.62. The van der Waals surface area contributed by atoms with Crippen LogP contribution in [0.25, 0.3) is 0 Å². The summed E-state index contributed by atoms with van der Waals surface area (Å²) in [5.41, 5.74) is 1.57. The highest BCUT2D eigenvalue weighted by atomic mass is 16.5. The van der Waals surface area contributed by atoms with Crippen molar-refractivity contribution >= 4 is 11.6 Å². The topological polar surface area (TPSA) is 72.7 Å². The van der Waals surface area contributed by atoms with Crippen LogP contribution < -0.4 is 20.1 Å². The molecule has 140 valence electrons. The Kier molecular flexibility index (Phi) is 6.12. The Hall–Kier alpha value is -3.25. The van der Waals surface area contributed by atoms with E-state index in [-0.39, 0.29) is 18.5 Å². The molecule has 0 aliphatic carbocycles. The van der Waals surface area contributed by atoms with E-state index >= 15 is 0 Å². The average molecular weight is 366 g/mol. The lowest BCUT2D eigenvalue weighted by atomic mass is 10.0. The monoisotopic (exact) mass is 366 g/mol. The predicted molar refractivity (Wildman–Crippen MR) is 103 cm³/mol. The zero-order chi connectivity index (χ0) is 19.1. The van der Waals surface area contributed by atoms with Crippen molar-refractivity contribution in [2.24, 2.45) is 0 Å². The summed E-state index contributed by atoms with van der Waals surface area (Å²) in [5, 5.41) is 6.10. The Morgan fingerprint density at radius 3 is 2.52 bits per heavy atom. The number of benzene rings is 2. The number of carbonyl (C=O) groups excluding carboxylic acids is 1. The maximum Gasteiger partial charge on any atom is 0.238 e. The van der Waals surface area contributed by atoms with Crippen LogP contribution in [0.2, 0.25) is 0 Å². The number of nitrogens with one attached hydrogen (secondary N) is 2. The van der Waals surface area contributed by atoms with Crippen molar-refractivity contribution < 1.29 is 18.7 Å². The number of ether oxygens (including phenoxy) is 2. The number of methoxy groups -OCH3 is 2. The van der Waals surface area contributed by atoms with Crippen LogP contribution in [0.4, 0.5) is 5.69 Å². The Morgan fingerprint density at radius 2 is 1.85 bits per heavy atom. The molecule has 2 aromatic carbocycles. The van der Waals surface area contributed by atoms with E-state index in [1.54, 1.807) is 38.7 Å². The lowest BCUT2D eigenvalue weighted by Crippen LogP contribution is -2.31. The molecule has 0 fully saturated rings. The smallest absolute Gasteiger partial charge is 0.238 e. The molecule has 0 saturated carbocycles. The lowest BCUT2D eigenvalue weighted by Gasteiger charge is -2.17. The van der Waals surface area contributed by atoms with Gasteiger partial charge in [-0.3, -0.25) is 10.1 Å². The van der Waals surface area contributed by atoms with Gasteiger partial charge >= 0.3 is 0 Å². The lowest BCUT2D eigenvalue weighted by molar-refractivity contribution is -0.115. The summed E-state index contributed by atoms with van der Waals surface area (Å²) < 4.78 is 16.0. The molecule has 0 aliphatic rings. The van der Waals surface area contributed by atoms with Gasteiger partial charge in [0.25, 0.3) is 0 Å². The minimum atomic E-state index is -0.223. The van der Waals surface area contributed by atoms with Gasteiger partial charge in [0.2, 0.25) is 5.91 Å². The molecule has 3 aromatic rings. The van der Waals surface area contributed by atoms with Crippen molar-refractivity contribution in [3.63, 3.8) is 0 Å². The van der Waals surface area contributed by atoms with Crippen LogP contribution in [0.15, 0.2) is 71.3 Å². The van der Waals surface area contributed by atoms with Gasteiger partial charge < -0.3 is 19.2 Å². The highest BCUT2D eigenvalue weighted by Crippen LogP contribution is 2.29. The normalized spacial score (nSPS) is 11.6. The second-order valence-corrected chi connectivity index (χ2v) is 5.85. The van der Waals surface area contributed by atoms with E-state index < -0.39 is 0 Å². The van der Waals surface area contributed by atoms with E-state index in [1.165, 1.54) is 0 Å². The first-order valence-corrected chi connectivity index (χ1v) is 8.55. The third-order valence-corrected chi connectivity index (χ3v) is 4.11. The first-order valence-electron chi connectivity index (χ1n) is 8.55. The summed E-state index contributed by atoms with van der Waals surface area (Å²) in [4.78, 5) is 12.5. The fourth-order valence-electron chi connectivity index (χ4n) is 2.78. The third-order valence-electron chi connectivity index (χ3n) is 4.11. The Morgan fingerprint density at radius 1 is 1.04 bits per heavy atom. The fraction of sp³-hybridized carbons (Fsp3) is 0.190. The summed E-state index contributed by atoms with van der Waals surface area (Å²) in [7, 11) is 3.13. The summed E-state index contributed by atoms with van der Waals surface area (Å²) in [6.45, 7) is 0.0978. The van der Waals surface area contributed by atoms with Gasteiger partial charge in [-0.2, -0.15) is 0 Å². The van der Waals surface area contributed by atoms with Crippen LogP contribution in [-0.4, -0.2) is 26.7 Å². The fourth-order valence-corrected chi connectivity index (χ4v) is 2.78. The number of furan rings is 1. The van der Waals surface area contributed by atoms with Crippen LogP contribution in [-0.2, 0) is 4.79 Å². The molecular formula is C21H22N2O4. The van der Waals surface area contributed by atoms with E-state index in [4.69, 9.17) is 13.9 Å². The van der Waals surface area contributed by atoms with Crippen LogP contribution >= 0.6 is 0 Å². The average Bonchev–Trinajstić information content (AvgIpc) is 3.23. The SMILES string of the molecule is COc1ccc(OC)c(NC(=O)CN[C@H](c2ccccc2)c2ccco2)c1. The van der Waals surface area contributed by atoms with E-state index in [0.717, 1.165) is 11.3 Å². The molecule has 1 aromatic heterocycles. The molecule has 1 amide bonds. The minimum absolute atomic E-state index is 0.0978. The standard InChI is InChI=1S/C21H22N2O4/c1-25-16-10-11-18(26-2)17(13-16)23-20(24)14-22-21(19-9-6-12-27-19)15-7-4-3-5-8-15/h3-13,21-22H,14H2,1-2H3,(H,23,24)/t21-/m1/s1. The Labute approximate surface area is 158 Å². The maximum absolute atomic E-state index is 12.5. The summed E-state index contributed by atoms with van der Waals surface area (Å²) in [6, 6.07) is 18.6. The zero-order valence-corrected chi connectivity index (χ0v) is 15.3. The van der Waals surface area contributed by atoms with Crippen molar-refractivity contribution in [1.29, 1.82) is 0 Å². The van der Waals surface area contributed by atoms with Crippen LogP contribution in [0.3, 0.4) is 0 Å². The highest BCUT2D eigenvalue weighted by Gasteiger charge is 2.18. The van der Waals surface area contributed by atoms with Gasteiger partial charge in [-0.05, 0) is 29.8 Å². The van der Waals surface area contributed by atoms with Crippen molar-refractivity contribution in [3.8, 4) is 11.5 Å². The largest absolute Gasteiger partial charge is 0.497 e. The molecule has 0 saturated heterocycles. The summed E-state index contributed by atoms with van der Waals surface area (Å²) in [5.74, 6) is 1.74. The molecule has 0 unspecified atom stereocenters. The number of carbonyl (C=O) groups is 1. The Bertz CT molecular complexity index is 863. The third kappa shape index (κ3) is 4.68. The molecule has 0 bridgehead atoms. The summed E-state index contributed by atoms with van der Waals surface area (Å²) >= 11 is 0.